The molecule has 0 spiro atoms. The molecule has 88 valence electrons. The molecule has 1 heterocycles. The molecule has 16 heavy (non-hydrogen) atoms. The van der Waals surface area contributed by atoms with Crippen LogP contribution in [-0.4, -0.2) is 33.4 Å². The van der Waals surface area contributed by atoms with Gasteiger partial charge in [-0.3, -0.25) is 0 Å². The van der Waals surface area contributed by atoms with Crippen molar-refractivity contribution in [3.63, 3.8) is 0 Å². The van der Waals surface area contributed by atoms with E-state index in [4.69, 9.17) is 15.2 Å². The molecule has 4 nitrogen and oxygen atoms in total. The zero-order chi connectivity index (χ0) is 11.5. The van der Waals surface area contributed by atoms with E-state index >= 15 is 0 Å². The zero-order valence-corrected chi connectivity index (χ0v) is 9.77. The minimum Gasteiger partial charge on any atom is -0.493 e. The topological polar surface area (TPSA) is 47.7 Å². The molecule has 0 aliphatic carbocycles. The zero-order valence-electron chi connectivity index (χ0n) is 9.77. The number of nitrogens with zero attached hydrogens (tertiary/aromatic N) is 1. The molecule has 1 fully saturated rings. The first-order valence-electron chi connectivity index (χ1n) is 5.47. The summed E-state index contributed by atoms with van der Waals surface area (Å²) in [5.41, 5.74) is 7.04. The van der Waals surface area contributed by atoms with E-state index in [1.165, 1.54) is 0 Å². The van der Waals surface area contributed by atoms with Gasteiger partial charge in [-0.1, -0.05) is 0 Å². The maximum Gasteiger partial charge on any atom is 0.162 e. The second-order valence-electron chi connectivity index (χ2n) is 4.03. The number of anilines is 1. The van der Waals surface area contributed by atoms with Gasteiger partial charge in [0.1, 0.15) is 0 Å². The molecule has 0 amide bonds. The molecule has 1 aromatic rings. The molecular weight excluding hydrogens is 204 g/mol. The number of ether oxygens (including phenoxy) is 2. The second kappa shape index (κ2) is 4.61. The lowest BCUT2D eigenvalue weighted by atomic mass is 10.2. The summed E-state index contributed by atoms with van der Waals surface area (Å²) in [4.78, 5) is 2.27. The van der Waals surface area contributed by atoms with Crippen LogP contribution < -0.4 is 20.1 Å². The van der Waals surface area contributed by atoms with Gasteiger partial charge in [0, 0.05) is 30.9 Å². The first-order valence-corrected chi connectivity index (χ1v) is 5.47. The Balaban J connectivity index is 2.22. The summed E-state index contributed by atoms with van der Waals surface area (Å²) in [5.74, 6) is 1.52. The van der Waals surface area contributed by atoms with Crippen molar-refractivity contribution in [2.24, 2.45) is 5.73 Å². The monoisotopic (exact) mass is 222 g/mol. The molecule has 1 atom stereocenters. The van der Waals surface area contributed by atoms with Gasteiger partial charge in [0.25, 0.3) is 0 Å². The van der Waals surface area contributed by atoms with Crippen molar-refractivity contribution in [2.45, 2.75) is 12.5 Å². The maximum absolute atomic E-state index is 5.89. The Kier molecular flexibility index (Phi) is 3.19. The average Bonchev–Trinajstić information content (AvgIpc) is 2.75. The average molecular weight is 222 g/mol. The Morgan fingerprint density at radius 3 is 2.56 bits per heavy atom. The Morgan fingerprint density at radius 1 is 1.25 bits per heavy atom. The van der Waals surface area contributed by atoms with Crippen molar-refractivity contribution in [3.05, 3.63) is 18.2 Å². The first-order chi connectivity index (χ1) is 7.74. The molecule has 2 N–H and O–H groups in total. The molecule has 0 aromatic heterocycles. The number of hydrogen-bond acceptors (Lipinski definition) is 4. The van der Waals surface area contributed by atoms with E-state index in [0.29, 0.717) is 0 Å². The van der Waals surface area contributed by atoms with Crippen molar-refractivity contribution >= 4 is 5.69 Å². The van der Waals surface area contributed by atoms with Crippen LogP contribution in [0, 0.1) is 0 Å². The van der Waals surface area contributed by atoms with Crippen molar-refractivity contribution in [3.8, 4) is 11.5 Å². The SMILES string of the molecule is COc1ccc(N2CCC(N)C2)cc1OC. The highest BCUT2D eigenvalue weighted by Gasteiger charge is 2.20. The summed E-state index contributed by atoms with van der Waals surface area (Å²) in [6, 6.07) is 6.25. The number of nitrogens with two attached hydrogens (primary N) is 1. The summed E-state index contributed by atoms with van der Waals surface area (Å²) in [6.45, 7) is 1.92. The first kappa shape index (κ1) is 11.1. The van der Waals surface area contributed by atoms with Crippen LogP contribution in [0.3, 0.4) is 0 Å². The Labute approximate surface area is 95.9 Å². The van der Waals surface area contributed by atoms with Crippen molar-refractivity contribution in [1.29, 1.82) is 0 Å². The fourth-order valence-corrected chi connectivity index (χ4v) is 2.04. The molecular formula is C12H18N2O2. The summed E-state index contributed by atoms with van der Waals surface area (Å²) in [5, 5.41) is 0. The molecule has 1 aliphatic rings. The van der Waals surface area contributed by atoms with Gasteiger partial charge >= 0.3 is 0 Å². The summed E-state index contributed by atoms with van der Waals surface area (Å²) in [7, 11) is 3.29. The van der Waals surface area contributed by atoms with Crippen LogP contribution in [0.5, 0.6) is 11.5 Å². The molecule has 4 heteroatoms. The highest BCUT2D eigenvalue weighted by molar-refractivity contribution is 5.57. The van der Waals surface area contributed by atoms with Crippen LogP contribution in [0.2, 0.25) is 0 Å². The van der Waals surface area contributed by atoms with E-state index in [2.05, 4.69) is 4.90 Å². The Hall–Kier alpha value is -1.42. The van der Waals surface area contributed by atoms with Crippen LogP contribution in [0.4, 0.5) is 5.69 Å². The quantitative estimate of drug-likeness (QED) is 0.836. The third-order valence-electron chi connectivity index (χ3n) is 2.96. The van der Waals surface area contributed by atoms with E-state index in [1.54, 1.807) is 14.2 Å². The van der Waals surface area contributed by atoms with Gasteiger partial charge in [-0.2, -0.15) is 0 Å². The van der Waals surface area contributed by atoms with Gasteiger partial charge in [0.2, 0.25) is 0 Å². The van der Waals surface area contributed by atoms with E-state index in [9.17, 15) is 0 Å². The number of methoxy groups -OCH3 is 2. The lowest BCUT2D eigenvalue weighted by Gasteiger charge is -2.19. The summed E-state index contributed by atoms with van der Waals surface area (Å²) < 4.78 is 10.5. The summed E-state index contributed by atoms with van der Waals surface area (Å²) >= 11 is 0. The number of benzene rings is 1. The molecule has 1 saturated heterocycles. The van der Waals surface area contributed by atoms with Crippen molar-refractivity contribution in [2.75, 3.05) is 32.2 Å². The molecule has 1 unspecified atom stereocenters. The van der Waals surface area contributed by atoms with Crippen LogP contribution in [0.1, 0.15) is 6.42 Å². The second-order valence-corrected chi connectivity index (χ2v) is 4.03. The van der Waals surface area contributed by atoms with Gasteiger partial charge < -0.3 is 20.1 Å². The third kappa shape index (κ3) is 2.07. The number of hydrogen-bond donors (Lipinski definition) is 1. The minimum atomic E-state index is 0.285. The number of rotatable bonds is 3. The molecule has 2 rings (SSSR count). The lowest BCUT2D eigenvalue weighted by molar-refractivity contribution is 0.355. The molecule has 1 aromatic carbocycles. The third-order valence-corrected chi connectivity index (χ3v) is 2.96. The smallest absolute Gasteiger partial charge is 0.162 e. The predicted octanol–water partition coefficient (Wildman–Crippen LogP) is 1.24. The van der Waals surface area contributed by atoms with E-state index in [0.717, 1.165) is 36.7 Å². The van der Waals surface area contributed by atoms with E-state index in [-0.39, 0.29) is 6.04 Å². The fourth-order valence-electron chi connectivity index (χ4n) is 2.04. The van der Waals surface area contributed by atoms with Crippen LogP contribution >= 0.6 is 0 Å². The molecule has 0 radical (unpaired) electrons. The molecule has 0 bridgehead atoms. The fraction of sp³-hybridized carbons (Fsp3) is 0.500. The highest BCUT2D eigenvalue weighted by Crippen LogP contribution is 2.32. The van der Waals surface area contributed by atoms with Gasteiger partial charge in [0.05, 0.1) is 14.2 Å². The van der Waals surface area contributed by atoms with Crippen LogP contribution in [0.25, 0.3) is 0 Å². The van der Waals surface area contributed by atoms with Gasteiger partial charge in [-0.15, -0.1) is 0 Å². The standard InChI is InChI=1S/C12H18N2O2/c1-15-11-4-3-10(7-12(11)16-2)14-6-5-9(13)8-14/h3-4,7,9H,5-6,8,13H2,1-2H3. The molecule has 1 aliphatic heterocycles. The van der Waals surface area contributed by atoms with Crippen molar-refractivity contribution < 1.29 is 9.47 Å². The Morgan fingerprint density at radius 2 is 2.00 bits per heavy atom. The van der Waals surface area contributed by atoms with Crippen LogP contribution in [-0.2, 0) is 0 Å². The maximum atomic E-state index is 5.89. The highest BCUT2D eigenvalue weighted by atomic mass is 16.5. The summed E-state index contributed by atoms with van der Waals surface area (Å²) in [6.07, 6.45) is 1.05. The van der Waals surface area contributed by atoms with Crippen LogP contribution in [0.15, 0.2) is 18.2 Å². The van der Waals surface area contributed by atoms with Gasteiger partial charge in [-0.25, -0.2) is 0 Å². The van der Waals surface area contributed by atoms with Gasteiger partial charge in [0.15, 0.2) is 11.5 Å². The molecule has 0 saturated carbocycles. The van der Waals surface area contributed by atoms with Crippen molar-refractivity contribution in [1.82, 2.24) is 0 Å². The Bertz CT molecular complexity index is 368. The minimum absolute atomic E-state index is 0.285. The lowest BCUT2D eigenvalue weighted by Crippen LogP contribution is -2.26. The normalized spacial score (nSPS) is 19.9. The van der Waals surface area contributed by atoms with E-state index in [1.807, 2.05) is 18.2 Å². The van der Waals surface area contributed by atoms with E-state index < -0.39 is 0 Å². The predicted molar refractivity (Wildman–Crippen MR) is 64.4 cm³/mol. The van der Waals surface area contributed by atoms with Gasteiger partial charge in [-0.05, 0) is 18.6 Å². The largest absolute Gasteiger partial charge is 0.493 e.